The Hall–Kier alpha value is -0.870. The zero-order valence-electron chi connectivity index (χ0n) is 8.16. The van der Waals surface area contributed by atoms with Crippen LogP contribution in [-0.2, 0) is 11.3 Å². The number of rotatable bonds is 2. The number of carbonyl (C=O) groups is 1. The SMILES string of the molecule is O=C(CBr)c1ccc2c(c1)OOCCC2. The lowest BCUT2D eigenvalue weighted by Gasteiger charge is -2.06. The fourth-order valence-electron chi connectivity index (χ4n) is 1.52. The van der Waals surface area contributed by atoms with Gasteiger partial charge in [0.2, 0.25) is 0 Å². The number of halogens is 1. The van der Waals surface area contributed by atoms with Crippen LogP contribution in [0.2, 0.25) is 0 Å². The quantitative estimate of drug-likeness (QED) is 0.471. The van der Waals surface area contributed by atoms with Crippen LogP contribution in [-0.4, -0.2) is 17.7 Å². The molecule has 0 unspecified atom stereocenters. The van der Waals surface area contributed by atoms with Gasteiger partial charge in [0.1, 0.15) is 0 Å². The van der Waals surface area contributed by atoms with Crippen LogP contribution < -0.4 is 4.89 Å². The van der Waals surface area contributed by atoms with Gasteiger partial charge in [0.25, 0.3) is 0 Å². The molecule has 0 saturated carbocycles. The third-order valence-corrected chi connectivity index (χ3v) is 2.84. The van der Waals surface area contributed by atoms with Gasteiger partial charge in [-0.25, -0.2) is 0 Å². The molecule has 1 heterocycles. The van der Waals surface area contributed by atoms with Crippen molar-refractivity contribution in [2.24, 2.45) is 0 Å². The van der Waals surface area contributed by atoms with Crippen LogP contribution in [0.15, 0.2) is 18.2 Å². The van der Waals surface area contributed by atoms with Crippen molar-refractivity contribution in [2.45, 2.75) is 12.8 Å². The minimum Gasteiger partial charge on any atom is -0.337 e. The van der Waals surface area contributed by atoms with E-state index < -0.39 is 0 Å². The molecule has 0 amide bonds. The van der Waals surface area contributed by atoms with Crippen molar-refractivity contribution in [1.82, 2.24) is 0 Å². The highest BCUT2D eigenvalue weighted by Crippen LogP contribution is 2.25. The average Bonchev–Trinajstić information content (AvgIpc) is 2.51. The Bertz CT molecular complexity index is 376. The number of aryl methyl sites for hydroxylation is 1. The molecular weight excluding hydrogens is 260 g/mol. The first-order valence-electron chi connectivity index (χ1n) is 4.83. The number of fused-ring (bicyclic) bond motifs is 1. The van der Waals surface area contributed by atoms with E-state index in [1.54, 1.807) is 6.07 Å². The molecule has 1 aromatic rings. The molecule has 0 radical (unpaired) electrons. The lowest BCUT2D eigenvalue weighted by molar-refractivity contribution is -0.203. The number of benzene rings is 1. The topological polar surface area (TPSA) is 35.5 Å². The number of Topliss-reactive ketones (excluding diaryl/α,β-unsaturated/α-hetero) is 1. The highest BCUT2D eigenvalue weighted by atomic mass is 79.9. The Kier molecular flexibility index (Phi) is 3.38. The third kappa shape index (κ3) is 2.38. The highest BCUT2D eigenvalue weighted by Gasteiger charge is 2.13. The standard InChI is InChI=1S/C11H11BrO3/c12-7-10(13)9-4-3-8-2-1-5-14-15-11(8)6-9/h3-4,6H,1-2,5,7H2. The van der Waals surface area contributed by atoms with Gasteiger partial charge in [0.15, 0.2) is 11.5 Å². The second kappa shape index (κ2) is 4.77. The van der Waals surface area contributed by atoms with Gasteiger partial charge in [0, 0.05) is 5.56 Å². The van der Waals surface area contributed by atoms with Crippen molar-refractivity contribution >= 4 is 21.7 Å². The minimum absolute atomic E-state index is 0.0469. The summed E-state index contributed by atoms with van der Waals surface area (Å²) in [6, 6.07) is 5.50. The number of carbonyl (C=O) groups excluding carboxylic acids is 1. The van der Waals surface area contributed by atoms with Crippen molar-refractivity contribution in [1.29, 1.82) is 0 Å². The van der Waals surface area contributed by atoms with Gasteiger partial charge in [-0.15, -0.1) is 0 Å². The van der Waals surface area contributed by atoms with Crippen molar-refractivity contribution in [3.63, 3.8) is 0 Å². The van der Waals surface area contributed by atoms with E-state index >= 15 is 0 Å². The third-order valence-electron chi connectivity index (χ3n) is 2.33. The minimum atomic E-state index is 0.0469. The summed E-state index contributed by atoms with van der Waals surface area (Å²) < 4.78 is 0. The summed E-state index contributed by atoms with van der Waals surface area (Å²) in [6.07, 6.45) is 1.87. The first-order valence-corrected chi connectivity index (χ1v) is 5.95. The molecule has 15 heavy (non-hydrogen) atoms. The second-order valence-corrected chi connectivity index (χ2v) is 3.95. The summed E-state index contributed by atoms with van der Waals surface area (Å²) in [5, 5.41) is 0.326. The van der Waals surface area contributed by atoms with Crippen LogP contribution in [0, 0.1) is 0 Å². The van der Waals surface area contributed by atoms with E-state index in [-0.39, 0.29) is 5.78 Å². The van der Waals surface area contributed by atoms with Gasteiger partial charge in [-0.3, -0.25) is 4.79 Å². The molecule has 0 aliphatic carbocycles. The molecule has 0 fully saturated rings. The average molecular weight is 271 g/mol. The summed E-state index contributed by atoms with van der Waals surface area (Å²) in [4.78, 5) is 21.5. The predicted octanol–water partition coefficient (Wildman–Crippen LogP) is 2.52. The molecule has 1 aliphatic heterocycles. The number of alkyl halides is 1. The van der Waals surface area contributed by atoms with E-state index in [0.717, 1.165) is 18.4 Å². The summed E-state index contributed by atoms with van der Waals surface area (Å²) in [5.74, 6) is 0.713. The predicted molar refractivity (Wildman–Crippen MR) is 59.5 cm³/mol. The molecule has 0 bridgehead atoms. The molecule has 0 spiro atoms. The molecule has 0 aromatic heterocycles. The van der Waals surface area contributed by atoms with E-state index in [1.807, 2.05) is 12.1 Å². The molecular formula is C11H11BrO3. The van der Waals surface area contributed by atoms with Gasteiger partial charge in [-0.1, -0.05) is 28.1 Å². The van der Waals surface area contributed by atoms with Crippen molar-refractivity contribution in [3.05, 3.63) is 29.3 Å². The van der Waals surface area contributed by atoms with Crippen LogP contribution in [0.1, 0.15) is 22.3 Å². The fourth-order valence-corrected chi connectivity index (χ4v) is 1.84. The fraction of sp³-hybridized carbons (Fsp3) is 0.364. The van der Waals surface area contributed by atoms with E-state index in [9.17, 15) is 4.79 Å². The molecule has 2 rings (SSSR count). The zero-order chi connectivity index (χ0) is 10.7. The van der Waals surface area contributed by atoms with E-state index in [0.29, 0.717) is 23.2 Å². The molecule has 0 atom stereocenters. The zero-order valence-corrected chi connectivity index (χ0v) is 9.75. The molecule has 3 nitrogen and oxygen atoms in total. The maximum Gasteiger partial charge on any atom is 0.173 e. The van der Waals surface area contributed by atoms with Crippen molar-refractivity contribution < 1.29 is 14.6 Å². The van der Waals surface area contributed by atoms with Crippen LogP contribution >= 0.6 is 15.9 Å². The largest absolute Gasteiger partial charge is 0.337 e. The Morgan fingerprint density at radius 1 is 1.47 bits per heavy atom. The molecule has 0 saturated heterocycles. The molecule has 0 N–H and O–H groups in total. The Balaban J connectivity index is 2.31. The van der Waals surface area contributed by atoms with Gasteiger partial charge in [-0.2, -0.15) is 4.89 Å². The first-order chi connectivity index (χ1) is 7.31. The van der Waals surface area contributed by atoms with Crippen molar-refractivity contribution in [2.75, 3.05) is 11.9 Å². The molecule has 1 aliphatic rings. The van der Waals surface area contributed by atoms with Crippen LogP contribution in [0.25, 0.3) is 0 Å². The monoisotopic (exact) mass is 270 g/mol. The van der Waals surface area contributed by atoms with Crippen LogP contribution in [0.4, 0.5) is 0 Å². The Morgan fingerprint density at radius 3 is 3.13 bits per heavy atom. The molecule has 1 aromatic carbocycles. The van der Waals surface area contributed by atoms with Crippen LogP contribution in [0.5, 0.6) is 5.75 Å². The lowest BCUT2D eigenvalue weighted by Crippen LogP contribution is -2.02. The summed E-state index contributed by atoms with van der Waals surface area (Å²) in [6.45, 7) is 0.594. The van der Waals surface area contributed by atoms with E-state index in [4.69, 9.17) is 9.78 Å². The summed E-state index contributed by atoms with van der Waals surface area (Å²) in [5.41, 5.74) is 1.75. The Morgan fingerprint density at radius 2 is 2.33 bits per heavy atom. The maximum absolute atomic E-state index is 11.4. The Labute approximate surface area is 96.4 Å². The summed E-state index contributed by atoms with van der Waals surface area (Å²) in [7, 11) is 0. The lowest BCUT2D eigenvalue weighted by atomic mass is 10.0. The van der Waals surface area contributed by atoms with Gasteiger partial charge in [0.05, 0.1) is 11.9 Å². The number of hydrogen-bond acceptors (Lipinski definition) is 3. The highest BCUT2D eigenvalue weighted by molar-refractivity contribution is 9.09. The van der Waals surface area contributed by atoms with E-state index in [2.05, 4.69) is 15.9 Å². The van der Waals surface area contributed by atoms with Gasteiger partial charge < -0.3 is 4.89 Å². The normalized spacial score (nSPS) is 15.0. The molecule has 4 heteroatoms. The van der Waals surface area contributed by atoms with E-state index in [1.165, 1.54) is 0 Å². The van der Waals surface area contributed by atoms with Crippen molar-refractivity contribution in [3.8, 4) is 5.75 Å². The van der Waals surface area contributed by atoms with Gasteiger partial charge >= 0.3 is 0 Å². The second-order valence-electron chi connectivity index (χ2n) is 3.39. The summed E-state index contributed by atoms with van der Waals surface area (Å²) >= 11 is 3.14. The van der Waals surface area contributed by atoms with Gasteiger partial charge in [-0.05, 0) is 24.5 Å². The van der Waals surface area contributed by atoms with Crippen LogP contribution in [0.3, 0.4) is 0 Å². The number of hydrogen-bond donors (Lipinski definition) is 0. The smallest absolute Gasteiger partial charge is 0.173 e. The maximum atomic E-state index is 11.4. The molecule has 80 valence electrons. The number of ketones is 1. The first kappa shape index (κ1) is 10.6.